The van der Waals surface area contributed by atoms with Gasteiger partial charge in [0.2, 0.25) is 0 Å². The fourth-order valence-corrected chi connectivity index (χ4v) is 2.92. The van der Waals surface area contributed by atoms with Crippen LogP contribution in [0.2, 0.25) is 0 Å². The molecule has 1 fully saturated rings. The topological polar surface area (TPSA) is 87.0 Å². The number of aromatic nitrogens is 2. The summed E-state index contributed by atoms with van der Waals surface area (Å²) < 4.78 is 0. The number of nitrogens with two attached hydrogens (primary N) is 1. The zero-order valence-electron chi connectivity index (χ0n) is 12.2. The number of H-pyrrole nitrogens is 1. The van der Waals surface area contributed by atoms with Gasteiger partial charge in [0.1, 0.15) is 0 Å². The Morgan fingerprint density at radius 1 is 1.43 bits per heavy atom. The van der Waals surface area contributed by atoms with Gasteiger partial charge in [-0.1, -0.05) is 0 Å². The standard InChI is InChI=1S/C15H21N5O/c1-10(8-20-4-2-3-5-20)19-14-7-13-11(6-12(14)16)15(21)18-9-17-13/h6-7,9-10,19H,2-5,8,16H2,1H3,(H,17,18,21). The van der Waals surface area contributed by atoms with Gasteiger partial charge in [-0.15, -0.1) is 0 Å². The average Bonchev–Trinajstić information content (AvgIpc) is 2.93. The molecular weight excluding hydrogens is 266 g/mol. The van der Waals surface area contributed by atoms with Crippen LogP contribution in [0.25, 0.3) is 10.9 Å². The van der Waals surface area contributed by atoms with E-state index >= 15 is 0 Å². The van der Waals surface area contributed by atoms with Crippen molar-refractivity contribution >= 4 is 22.3 Å². The zero-order chi connectivity index (χ0) is 14.8. The van der Waals surface area contributed by atoms with Gasteiger partial charge in [-0.2, -0.15) is 0 Å². The largest absolute Gasteiger partial charge is 0.397 e. The van der Waals surface area contributed by atoms with Gasteiger partial charge in [0.15, 0.2) is 0 Å². The highest BCUT2D eigenvalue weighted by atomic mass is 16.1. The molecule has 1 saturated heterocycles. The first kappa shape index (κ1) is 13.9. The molecule has 3 rings (SSSR count). The van der Waals surface area contributed by atoms with Crippen molar-refractivity contribution in [2.24, 2.45) is 0 Å². The van der Waals surface area contributed by atoms with Crippen LogP contribution in [-0.4, -0.2) is 40.5 Å². The summed E-state index contributed by atoms with van der Waals surface area (Å²) in [7, 11) is 0. The highest BCUT2D eigenvalue weighted by molar-refractivity contribution is 5.88. The van der Waals surface area contributed by atoms with Gasteiger partial charge in [0, 0.05) is 12.6 Å². The fourth-order valence-electron chi connectivity index (χ4n) is 2.92. The molecular formula is C15H21N5O. The number of anilines is 2. The van der Waals surface area contributed by atoms with Crippen molar-refractivity contribution in [2.75, 3.05) is 30.7 Å². The third-order valence-corrected chi connectivity index (χ3v) is 3.94. The number of fused-ring (bicyclic) bond motifs is 1. The van der Waals surface area contributed by atoms with Crippen LogP contribution in [0.4, 0.5) is 11.4 Å². The maximum absolute atomic E-state index is 11.7. The minimum atomic E-state index is -0.164. The second kappa shape index (κ2) is 5.73. The first-order valence-corrected chi connectivity index (χ1v) is 7.39. The average molecular weight is 287 g/mol. The summed E-state index contributed by atoms with van der Waals surface area (Å²) in [4.78, 5) is 20.9. The smallest absolute Gasteiger partial charge is 0.258 e. The Labute approximate surface area is 123 Å². The molecule has 0 aliphatic carbocycles. The molecule has 2 heterocycles. The lowest BCUT2D eigenvalue weighted by Gasteiger charge is -2.22. The molecule has 4 N–H and O–H groups in total. The Kier molecular flexibility index (Phi) is 3.79. The Morgan fingerprint density at radius 3 is 2.95 bits per heavy atom. The van der Waals surface area contributed by atoms with Crippen LogP contribution in [0.15, 0.2) is 23.3 Å². The zero-order valence-corrected chi connectivity index (χ0v) is 12.2. The molecule has 1 aliphatic rings. The van der Waals surface area contributed by atoms with Crippen LogP contribution >= 0.6 is 0 Å². The fraction of sp³-hybridized carbons (Fsp3) is 0.467. The van der Waals surface area contributed by atoms with Crippen LogP contribution in [0, 0.1) is 0 Å². The Balaban J connectivity index is 1.79. The van der Waals surface area contributed by atoms with E-state index in [9.17, 15) is 4.79 Å². The summed E-state index contributed by atoms with van der Waals surface area (Å²) >= 11 is 0. The van der Waals surface area contributed by atoms with E-state index in [1.807, 2.05) is 6.07 Å². The Hall–Kier alpha value is -2.08. The van der Waals surface area contributed by atoms with Gasteiger partial charge in [0.05, 0.1) is 28.6 Å². The molecule has 6 heteroatoms. The molecule has 0 amide bonds. The van der Waals surface area contributed by atoms with Crippen LogP contribution in [-0.2, 0) is 0 Å². The van der Waals surface area contributed by atoms with E-state index in [0.717, 1.165) is 12.2 Å². The van der Waals surface area contributed by atoms with Gasteiger partial charge in [0.25, 0.3) is 5.56 Å². The van der Waals surface area contributed by atoms with Crippen LogP contribution in [0.1, 0.15) is 19.8 Å². The quantitative estimate of drug-likeness (QED) is 0.740. The van der Waals surface area contributed by atoms with E-state index in [1.54, 1.807) is 6.07 Å². The number of benzene rings is 1. The lowest BCUT2D eigenvalue weighted by Crippen LogP contribution is -2.33. The third-order valence-electron chi connectivity index (χ3n) is 3.94. The predicted octanol–water partition coefficient (Wildman–Crippen LogP) is 1.40. The second-order valence-corrected chi connectivity index (χ2v) is 5.74. The summed E-state index contributed by atoms with van der Waals surface area (Å²) in [5.41, 5.74) is 7.97. The highest BCUT2D eigenvalue weighted by Gasteiger charge is 2.15. The molecule has 6 nitrogen and oxygen atoms in total. The minimum Gasteiger partial charge on any atom is -0.397 e. The number of aromatic amines is 1. The molecule has 0 radical (unpaired) electrons. The van der Waals surface area contributed by atoms with Gasteiger partial charge < -0.3 is 20.9 Å². The molecule has 0 spiro atoms. The lowest BCUT2D eigenvalue weighted by atomic mass is 10.1. The Bertz CT molecular complexity index is 690. The summed E-state index contributed by atoms with van der Waals surface area (Å²) in [6.45, 7) is 5.50. The summed E-state index contributed by atoms with van der Waals surface area (Å²) in [6.07, 6.45) is 3.99. The number of hydrogen-bond acceptors (Lipinski definition) is 5. The number of nitrogens with one attached hydrogen (secondary N) is 2. The predicted molar refractivity (Wildman–Crippen MR) is 85.5 cm³/mol. The van der Waals surface area contributed by atoms with Gasteiger partial charge in [-0.05, 0) is 45.0 Å². The van der Waals surface area contributed by atoms with E-state index < -0.39 is 0 Å². The van der Waals surface area contributed by atoms with Crippen LogP contribution in [0.5, 0.6) is 0 Å². The maximum Gasteiger partial charge on any atom is 0.258 e. The van der Waals surface area contributed by atoms with Crippen molar-refractivity contribution in [1.82, 2.24) is 14.9 Å². The van der Waals surface area contributed by atoms with E-state index in [1.165, 1.54) is 32.3 Å². The van der Waals surface area contributed by atoms with E-state index in [0.29, 0.717) is 22.6 Å². The van der Waals surface area contributed by atoms with Crippen molar-refractivity contribution in [3.05, 3.63) is 28.8 Å². The van der Waals surface area contributed by atoms with Crippen LogP contribution < -0.4 is 16.6 Å². The van der Waals surface area contributed by atoms with Gasteiger partial charge >= 0.3 is 0 Å². The number of likely N-dealkylation sites (tertiary alicyclic amines) is 1. The van der Waals surface area contributed by atoms with Crippen molar-refractivity contribution < 1.29 is 0 Å². The molecule has 112 valence electrons. The molecule has 1 unspecified atom stereocenters. The third kappa shape index (κ3) is 3.00. The van der Waals surface area contributed by atoms with Crippen LogP contribution in [0.3, 0.4) is 0 Å². The van der Waals surface area contributed by atoms with Crippen molar-refractivity contribution in [2.45, 2.75) is 25.8 Å². The number of hydrogen-bond donors (Lipinski definition) is 3. The molecule has 1 aliphatic heterocycles. The molecule has 1 atom stereocenters. The number of nitrogen functional groups attached to an aromatic ring is 1. The normalized spacial score (nSPS) is 17.2. The molecule has 0 bridgehead atoms. The highest BCUT2D eigenvalue weighted by Crippen LogP contribution is 2.24. The first-order chi connectivity index (χ1) is 10.1. The Morgan fingerprint density at radius 2 is 2.19 bits per heavy atom. The molecule has 0 saturated carbocycles. The molecule has 1 aromatic heterocycles. The van der Waals surface area contributed by atoms with E-state index in [2.05, 4.69) is 27.1 Å². The van der Waals surface area contributed by atoms with Crippen molar-refractivity contribution in [1.29, 1.82) is 0 Å². The number of rotatable bonds is 4. The second-order valence-electron chi connectivity index (χ2n) is 5.74. The van der Waals surface area contributed by atoms with Crippen molar-refractivity contribution in [3.8, 4) is 0 Å². The maximum atomic E-state index is 11.7. The molecule has 2 aromatic rings. The first-order valence-electron chi connectivity index (χ1n) is 7.39. The van der Waals surface area contributed by atoms with E-state index in [4.69, 9.17) is 5.73 Å². The van der Waals surface area contributed by atoms with Crippen molar-refractivity contribution in [3.63, 3.8) is 0 Å². The lowest BCUT2D eigenvalue weighted by molar-refractivity contribution is 0.328. The van der Waals surface area contributed by atoms with Gasteiger partial charge in [-0.25, -0.2) is 4.98 Å². The minimum absolute atomic E-state index is 0.164. The summed E-state index contributed by atoms with van der Waals surface area (Å²) in [5.74, 6) is 0. The monoisotopic (exact) mass is 287 g/mol. The molecule has 1 aromatic carbocycles. The summed E-state index contributed by atoms with van der Waals surface area (Å²) in [6, 6.07) is 3.83. The number of nitrogens with zero attached hydrogens (tertiary/aromatic N) is 2. The summed E-state index contributed by atoms with van der Waals surface area (Å²) in [5, 5.41) is 3.95. The van der Waals surface area contributed by atoms with E-state index in [-0.39, 0.29) is 5.56 Å². The molecule has 21 heavy (non-hydrogen) atoms. The SMILES string of the molecule is CC(CN1CCCC1)Nc1cc2nc[nH]c(=O)c2cc1N. The van der Waals surface area contributed by atoms with Gasteiger partial charge in [-0.3, -0.25) is 4.79 Å².